The third kappa shape index (κ3) is 7.76. The van der Waals surface area contributed by atoms with Gasteiger partial charge in [-0.2, -0.15) is 5.26 Å². The molecule has 1 aliphatic heterocycles. The summed E-state index contributed by atoms with van der Waals surface area (Å²) in [5, 5.41) is 7.32. The number of unbranched alkanes of at least 4 members (excludes halogenated alkanes) is 1. The van der Waals surface area contributed by atoms with E-state index in [2.05, 4.69) is 6.92 Å². The molecule has 1 N–H and O–H groups in total. The number of nitrogens with one attached hydrogen (secondary N) is 1. The third-order valence-electron chi connectivity index (χ3n) is 2.08. The Hall–Kier alpha value is -0.590. The van der Waals surface area contributed by atoms with Crippen molar-refractivity contribution in [3.8, 4) is 6.07 Å². The van der Waals surface area contributed by atoms with Crippen LogP contribution in [0.3, 0.4) is 0 Å². The molecule has 0 aromatic carbocycles. The first kappa shape index (κ1) is 12.4. The van der Waals surface area contributed by atoms with Gasteiger partial charge in [-0.1, -0.05) is 13.3 Å². The highest BCUT2D eigenvalue weighted by atomic mass is 16.5. The van der Waals surface area contributed by atoms with Gasteiger partial charge in [-0.3, -0.25) is 0 Å². The molecule has 3 nitrogen and oxygen atoms in total. The molecule has 0 radical (unpaired) electrons. The molecule has 1 rings (SSSR count). The second kappa shape index (κ2) is 9.50. The lowest BCUT2D eigenvalue weighted by atomic mass is 10.3. The predicted octanol–water partition coefficient (Wildman–Crippen LogP) is 0.231. The first-order chi connectivity index (χ1) is 6.35. The van der Waals surface area contributed by atoms with Crippen LogP contribution in [0.5, 0.6) is 0 Å². The minimum Gasteiger partial charge on any atom is -0.370 e. The average molecular weight is 185 g/mol. The number of nitriles is 1. The van der Waals surface area contributed by atoms with Crippen LogP contribution in [-0.4, -0.2) is 32.8 Å². The summed E-state index contributed by atoms with van der Waals surface area (Å²) in [7, 11) is 0. The zero-order valence-electron chi connectivity index (χ0n) is 8.81. The number of quaternary nitrogens is 1. The Morgan fingerprint density at radius 1 is 1.38 bits per heavy atom. The molecule has 1 saturated heterocycles. The van der Waals surface area contributed by atoms with Crippen molar-refractivity contribution in [2.24, 2.45) is 0 Å². The summed E-state index contributed by atoms with van der Waals surface area (Å²) in [4.78, 5) is 1.73. The Morgan fingerprint density at radius 3 is 2.38 bits per heavy atom. The van der Waals surface area contributed by atoms with E-state index in [1.807, 2.05) is 0 Å². The first-order valence-electron chi connectivity index (χ1n) is 5.07. The Morgan fingerprint density at radius 2 is 1.92 bits per heavy atom. The van der Waals surface area contributed by atoms with Gasteiger partial charge in [0.15, 0.2) is 0 Å². The molecule has 0 aromatic rings. The predicted molar refractivity (Wildman–Crippen MR) is 52.6 cm³/mol. The number of rotatable bonds is 3. The van der Waals surface area contributed by atoms with Gasteiger partial charge in [0.25, 0.3) is 0 Å². The van der Waals surface area contributed by atoms with Crippen LogP contribution in [0.25, 0.3) is 0 Å². The number of hydrogen-bond acceptors (Lipinski definition) is 2. The highest BCUT2D eigenvalue weighted by Gasteiger charge is 2.11. The van der Waals surface area contributed by atoms with E-state index < -0.39 is 0 Å². The fraction of sp³-hybridized carbons (Fsp3) is 0.900. The topological polar surface area (TPSA) is 37.5 Å². The molecule has 0 bridgehead atoms. The maximum Gasteiger partial charge on any atom is 0.101 e. The summed E-state index contributed by atoms with van der Waals surface area (Å²) in [6, 6.07) is 1.75. The fourth-order valence-corrected chi connectivity index (χ4v) is 1.34. The molecule has 0 spiro atoms. The quantitative estimate of drug-likeness (QED) is 0.683. The van der Waals surface area contributed by atoms with Crippen molar-refractivity contribution in [3.63, 3.8) is 0 Å². The second-order valence-corrected chi connectivity index (χ2v) is 3.19. The minimum absolute atomic E-state index is 0.971. The van der Waals surface area contributed by atoms with E-state index in [9.17, 15) is 0 Å². The second-order valence-electron chi connectivity index (χ2n) is 3.19. The van der Waals surface area contributed by atoms with E-state index in [0.717, 1.165) is 13.2 Å². The number of hydrogen-bond donors (Lipinski definition) is 1. The van der Waals surface area contributed by atoms with Crippen molar-refractivity contribution < 1.29 is 9.64 Å². The molecule has 1 heterocycles. The van der Waals surface area contributed by atoms with Crippen LogP contribution in [0.4, 0.5) is 0 Å². The molecule has 3 heteroatoms. The molecule has 1 fully saturated rings. The van der Waals surface area contributed by atoms with Crippen LogP contribution in [0, 0.1) is 11.3 Å². The highest BCUT2D eigenvalue weighted by Crippen LogP contribution is 1.81. The molecule has 0 amide bonds. The SMILES string of the molecule is CC#N.CCCC[NH+]1CCOCC1. The molecule has 13 heavy (non-hydrogen) atoms. The van der Waals surface area contributed by atoms with Crippen molar-refractivity contribution >= 4 is 0 Å². The van der Waals surface area contributed by atoms with Crippen LogP contribution in [0.15, 0.2) is 0 Å². The third-order valence-corrected chi connectivity index (χ3v) is 2.08. The Balaban J connectivity index is 0.000000424. The molecule has 76 valence electrons. The minimum atomic E-state index is 0.971. The van der Waals surface area contributed by atoms with Gasteiger partial charge >= 0.3 is 0 Å². The molecule has 0 atom stereocenters. The van der Waals surface area contributed by atoms with Crippen LogP contribution in [0.1, 0.15) is 26.7 Å². The molecular formula is C10H21N2O+. The van der Waals surface area contributed by atoms with Crippen molar-refractivity contribution in [3.05, 3.63) is 0 Å². The number of nitrogens with zero attached hydrogens (tertiary/aromatic N) is 1. The fourth-order valence-electron chi connectivity index (χ4n) is 1.34. The Kier molecular flexibility index (Phi) is 9.07. The standard InChI is InChI=1S/C8H17NO.C2H3N/c1-2-3-4-9-5-7-10-8-6-9;1-2-3/h2-8H2,1H3;1H3/p+1. The van der Waals surface area contributed by atoms with E-state index in [4.69, 9.17) is 10.00 Å². The molecule has 0 unspecified atom stereocenters. The van der Waals surface area contributed by atoms with E-state index >= 15 is 0 Å². The number of morpholine rings is 1. The van der Waals surface area contributed by atoms with Crippen LogP contribution < -0.4 is 4.90 Å². The summed E-state index contributed by atoms with van der Waals surface area (Å²) in [5.41, 5.74) is 0. The summed E-state index contributed by atoms with van der Waals surface area (Å²) in [6.07, 6.45) is 2.69. The van der Waals surface area contributed by atoms with Crippen molar-refractivity contribution in [1.29, 1.82) is 5.26 Å². The van der Waals surface area contributed by atoms with Crippen molar-refractivity contribution in [2.75, 3.05) is 32.8 Å². The van der Waals surface area contributed by atoms with Crippen LogP contribution in [-0.2, 0) is 4.74 Å². The summed E-state index contributed by atoms with van der Waals surface area (Å²) >= 11 is 0. The zero-order valence-corrected chi connectivity index (χ0v) is 8.81. The smallest absolute Gasteiger partial charge is 0.101 e. The first-order valence-corrected chi connectivity index (χ1v) is 5.07. The summed E-state index contributed by atoms with van der Waals surface area (Å²) < 4.78 is 5.26. The van der Waals surface area contributed by atoms with Crippen LogP contribution >= 0.6 is 0 Å². The van der Waals surface area contributed by atoms with Crippen molar-refractivity contribution in [1.82, 2.24) is 0 Å². The maximum absolute atomic E-state index is 7.32. The largest absolute Gasteiger partial charge is 0.370 e. The molecular weight excluding hydrogens is 164 g/mol. The van der Waals surface area contributed by atoms with Gasteiger partial charge in [0.2, 0.25) is 0 Å². The summed E-state index contributed by atoms with van der Waals surface area (Å²) in [5.74, 6) is 0. The zero-order chi connectivity index (χ0) is 9.94. The molecule has 1 aliphatic rings. The van der Waals surface area contributed by atoms with E-state index in [1.54, 1.807) is 11.0 Å². The van der Waals surface area contributed by atoms with Gasteiger partial charge in [-0.05, 0) is 6.42 Å². The lowest BCUT2D eigenvalue weighted by Crippen LogP contribution is -3.14. The molecule has 0 aromatic heterocycles. The molecule has 0 aliphatic carbocycles. The maximum atomic E-state index is 7.32. The average Bonchev–Trinajstić information content (AvgIpc) is 2.18. The normalized spacial score (nSPS) is 17.0. The lowest BCUT2D eigenvalue weighted by molar-refractivity contribution is -0.908. The van der Waals surface area contributed by atoms with E-state index in [0.29, 0.717) is 0 Å². The lowest BCUT2D eigenvalue weighted by Gasteiger charge is -2.23. The van der Waals surface area contributed by atoms with Gasteiger partial charge in [-0.15, -0.1) is 0 Å². The monoisotopic (exact) mass is 185 g/mol. The highest BCUT2D eigenvalue weighted by molar-refractivity contribution is 4.51. The van der Waals surface area contributed by atoms with E-state index in [-0.39, 0.29) is 0 Å². The Bertz CT molecular complexity index is 136. The van der Waals surface area contributed by atoms with Gasteiger partial charge in [0.1, 0.15) is 13.1 Å². The van der Waals surface area contributed by atoms with E-state index in [1.165, 1.54) is 39.4 Å². The van der Waals surface area contributed by atoms with Crippen molar-refractivity contribution in [2.45, 2.75) is 26.7 Å². The van der Waals surface area contributed by atoms with Gasteiger partial charge in [0, 0.05) is 6.92 Å². The van der Waals surface area contributed by atoms with Gasteiger partial charge < -0.3 is 9.64 Å². The number of ether oxygens (including phenoxy) is 1. The Labute approximate surface area is 81.3 Å². The van der Waals surface area contributed by atoms with Crippen LogP contribution in [0.2, 0.25) is 0 Å². The van der Waals surface area contributed by atoms with Gasteiger partial charge in [0.05, 0.1) is 25.8 Å². The summed E-state index contributed by atoms with van der Waals surface area (Å²) in [6.45, 7) is 9.41. The molecule has 0 saturated carbocycles. The van der Waals surface area contributed by atoms with Gasteiger partial charge in [-0.25, -0.2) is 0 Å².